The molecular formula is C22H28N2O2. The van der Waals surface area contributed by atoms with Crippen molar-refractivity contribution >= 4 is 5.91 Å². The predicted octanol–water partition coefficient (Wildman–Crippen LogP) is 3.41. The van der Waals surface area contributed by atoms with Crippen molar-refractivity contribution in [1.82, 2.24) is 10.2 Å². The van der Waals surface area contributed by atoms with Crippen molar-refractivity contribution < 1.29 is 9.53 Å². The molecule has 0 saturated carbocycles. The first-order valence-electron chi connectivity index (χ1n) is 9.51. The third kappa shape index (κ3) is 5.33. The lowest BCUT2D eigenvalue weighted by atomic mass is 10.0. The largest absolute Gasteiger partial charge is 0.489 e. The molecule has 4 heteroatoms. The molecule has 138 valence electrons. The second kappa shape index (κ2) is 9.39. The van der Waals surface area contributed by atoms with Gasteiger partial charge in [-0.2, -0.15) is 0 Å². The Morgan fingerprint density at radius 1 is 1.15 bits per heavy atom. The Balaban J connectivity index is 1.56. The molecule has 1 aliphatic rings. The van der Waals surface area contributed by atoms with E-state index in [9.17, 15) is 4.79 Å². The van der Waals surface area contributed by atoms with E-state index in [1.54, 1.807) is 0 Å². The SMILES string of the molecule is CCN1CCC[C@H](NC(=O)Cc2ccccc2OCc2ccccc2)C1. The number of nitrogens with one attached hydrogen (secondary N) is 1. The molecule has 0 spiro atoms. The monoisotopic (exact) mass is 352 g/mol. The summed E-state index contributed by atoms with van der Waals surface area (Å²) in [5.74, 6) is 0.856. The maximum atomic E-state index is 12.5. The number of nitrogens with zero attached hydrogens (tertiary/aromatic N) is 1. The third-order valence-electron chi connectivity index (χ3n) is 4.88. The van der Waals surface area contributed by atoms with E-state index in [4.69, 9.17) is 4.74 Å². The molecule has 4 nitrogen and oxygen atoms in total. The highest BCUT2D eigenvalue weighted by Crippen LogP contribution is 2.20. The molecule has 2 aromatic carbocycles. The van der Waals surface area contributed by atoms with Gasteiger partial charge in [-0.15, -0.1) is 0 Å². The number of carbonyl (C=O) groups is 1. The maximum Gasteiger partial charge on any atom is 0.224 e. The summed E-state index contributed by atoms with van der Waals surface area (Å²) in [6.45, 7) is 5.81. The summed E-state index contributed by atoms with van der Waals surface area (Å²) in [4.78, 5) is 14.9. The topological polar surface area (TPSA) is 41.6 Å². The van der Waals surface area contributed by atoms with E-state index in [2.05, 4.69) is 17.1 Å². The standard InChI is InChI=1S/C22H28N2O2/c1-2-24-14-8-12-20(16-24)23-22(25)15-19-11-6-7-13-21(19)26-17-18-9-4-3-5-10-18/h3-7,9-11,13,20H,2,8,12,14-17H2,1H3,(H,23,25)/t20-/m0/s1. The number of piperidine rings is 1. The zero-order valence-corrected chi connectivity index (χ0v) is 15.5. The molecule has 1 heterocycles. The highest BCUT2D eigenvalue weighted by Gasteiger charge is 2.20. The van der Waals surface area contributed by atoms with Gasteiger partial charge in [-0.3, -0.25) is 4.79 Å². The molecule has 1 fully saturated rings. The second-order valence-corrected chi connectivity index (χ2v) is 6.86. The van der Waals surface area contributed by atoms with E-state index >= 15 is 0 Å². The Bertz CT molecular complexity index is 702. The predicted molar refractivity (Wildman–Crippen MR) is 104 cm³/mol. The first kappa shape index (κ1) is 18.5. The van der Waals surface area contributed by atoms with Crippen LogP contribution in [0.1, 0.15) is 30.9 Å². The molecule has 1 N–H and O–H groups in total. The van der Waals surface area contributed by atoms with Gasteiger partial charge in [0, 0.05) is 18.2 Å². The normalized spacial score (nSPS) is 17.7. The molecule has 0 unspecified atom stereocenters. The number of hydrogen-bond donors (Lipinski definition) is 1. The van der Waals surface area contributed by atoms with Crippen LogP contribution >= 0.6 is 0 Å². The van der Waals surface area contributed by atoms with Gasteiger partial charge in [-0.05, 0) is 37.6 Å². The summed E-state index contributed by atoms with van der Waals surface area (Å²) in [7, 11) is 0. The van der Waals surface area contributed by atoms with Crippen LogP contribution in [0.5, 0.6) is 5.75 Å². The molecule has 0 aromatic heterocycles. The zero-order chi connectivity index (χ0) is 18.2. The van der Waals surface area contributed by atoms with Crippen molar-refractivity contribution in [3.05, 3.63) is 65.7 Å². The molecule has 0 aliphatic carbocycles. The molecule has 1 amide bonds. The van der Waals surface area contributed by atoms with Crippen molar-refractivity contribution in [3.8, 4) is 5.75 Å². The number of rotatable bonds is 7. The molecule has 26 heavy (non-hydrogen) atoms. The smallest absolute Gasteiger partial charge is 0.224 e. The Morgan fingerprint density at radius 2 is 1.92 bits per heavy atom. The van der Waals surface area contributed by atoms with Crippen molar-refractivity contribution in [2.24, 2.45) is 0 Å². The van der Waals surface area contributed by atoms with Crippen LogP contribution in [0.2, 0.25) is 0 Å². The lowest BCUT2D eigenvalue weighted by Gasteiger charge is -2.32. The summed E-state index contributed by atoms with van der Waals surface area (Å²) in [5.41, 5.74) is 2.05. The minimum Gasteiger partial charge on any atom is -0.489 e. The number of likely N-dealkylation sites (tertiary alicyclic amines) is 1. The quantitative estimate of drug-likeness (QED) is 0.830. The summed E-state index contributed by atoms with van der Waals surface area (Å²) in [6, 6.07) is 18.1. The van der Waals surface area contributed by atoms with Crippen LogP contribution in [0, 0.1) is 0 Å². The fraction of sp³-hybridized carbons (Fsp3) is 0.409. The molecule has 1 atom stereocenters. The van der Waals surface area contributed by atoms with Gasteiger partial charge in [0.1, 0.15) is 12.4 Å². The van der Waals surface area contributed by atoms with E-state index in [0.29, 0.717) is 13.0 Å². The van der Waals surface area contributed by atoms with Crippen LogP contribution < -0.4 is 10.1 Å². The summed E-state index contributed by atoms with van der Waals surface area (Å²) in [5, 5.41) is 3.20. The number of hydrogen-bond acceptors (Lipinski definition) is 3. The van der Waals surface area contributed by atoms with E-state index in [1.807, 2.05) is 54.6 Å². The Morgan fingerprint density at radius 3 is 2.73 bits per heavy atom. The van der Waals surface area contributed by atoms with Gasteiger partial charge in [0.2, 0.25) is 5.91 Å². The van der Waals surface area contributed by atoms with E-state index in [1.165, 1.54) is 0 Å². The van der Waals surface area contributed by atoms with Crippen LogP contribution in [0.15, 0.2) is 54.6 Å². The van der Waals surface area contributed by atoms with Gasteiger partial charge in [-0.1, -0.05) is 55.5 Å². The lowest BCUT2D eigenvalue weighted by Crippen LogP contribution is -2.47. The number of para-hydroxylation sites is 1. The molecule has 1 aliphatic heterocycles. The highest BCUT2D eigenvalue weighted by atomic mass is 16.5. The van der Waals surface area contributed by atoms with Crippen LogP contribution in [-0.4, -0.2) is 36.5 Å². The van der Waals surface area contributed by atoms with Gasteiger partial charge in [0.15, 0.2) is 0 Å². The number of amides is 1. The van der Waals surface area contributed by atoms with Gasteiger partial charge < -0.3 is 15.0 Å². The van der Waals surface area contributed by atoms with Crippen molar-refractivity contribution in [2.45, 2.75) is 38.8 Å². The third-order valence-corrected chi connectivity index (χ3v) is 4.88. The Hall–Kier alpha value is -2.33. The summed E-state index contributed by atoms with van der Waals surface area (Å²) < 4.78 is 5.96. The second-order valence-electron chi connectivity index (χ2n) is 6.86. The van der Waals surface area contributed by atoms with Gasteiger partial charge in [0.05, 0.1) is 6.42 Å². The van der Waals surface area contributed by atoms with Gasteiger partial charge in [-0.25, -0.2) is 0 Å². The van der Waals surface area contributed by atoms with Crippen LogP contribution in [0.3, 0.4) is 0 Å². The average Bonchev–Trinajstić information content (AvgIpc) is 2.68. The van der Waals surface area contributed by atoms with E-state index < -0.39 is 0 Å². The molecule has 2 aromatic rings. The Labute approximate surface area is 156 Å². The summed E-state index contributed by atoms with van der Waals surface area (Å²) in [6.07, 6.45) is 2.57. The van der Waals surface area contributed by atoms with Gasteiger partial charge in [0.25, 0.3) is 0 Å². The van der Waals surface area contributed by atoms with Crippen molar-refractivity contribution in [1.29, 1.82) is 0 Å². The fourth-order valence-electron chi connectivity index (χ4n) is 3.44. The van der Waals surface area contributed by atoms with E-state index in [-0.39, 0.29) is 11.9 Å². The first-order valence-corrected chi connectivity index (χ1v) is 9.51. The zero-order valence-electron chi connectivity index (χ0n) is 15.5. The number of ether oxygens (including phenoxy) is 1. The van der Waals surface area contributed by atoms with Crippen LogP contribution in [0.25, 0.3) is 0 Å². The van der Waals surface area contributed by atoms with Gasteiger partial charge >= 0.3 is 0 Å². The van der Waals surface area contributed by atoms with Crippen LogP contribution in [-0.2, 0) is 17.8 Å². The molecule has 1 saturated heterocycles. The minimum atomic E-state index is 0.0729. The van der Waals surface area contributed by atoms with E-state index in [0.717, 1.165) is 49.4 Å². The van der Waals surface area contributed by atoms with Crippen molar-refractivity contribution in [3.63, 3.8) is 0 Å². The number of carbonyl (C=O) groups excluding carboxylic acids is 1. The molecule has 0 radical (unpaired) electrons. The number of benzene rings is 2. The summed E-state index contributed by atoms with van der Waals surface area (Å²) >= 11 is 0. The fourth-order valence-corrected chi connectivity index (χ4v) is 3.44. The lowest BCUT2D eigenvalue weighted by molar-refractivity contribution is -0.121. The van der Waals surface area contributed by atoms with Crippen LogP contribution in [0.4, 0.5) is 0 Å². The molecule has 3 rings (SSSR count). The maximum absolute atomic E-state index is 12.5. The number of likely N-dealkylation sites (N-methyl/N-ethyl adjacent to an activating group) is 1. The first-order chi connectivity index (χ1) is 12.7. The molecule has 0 bridgehead atoms. The Kier molecular flexibility index (Phi) is 6.67. The highest BCUT2D eigenvalue weighted by molar-refractivity contribution is 5.79. The molecular weight excluding hydrogens is 324 g/mol. The minimum absolute atomic E-state index is 0.0729. The average molecular weight is 352 g/mol. The van der Waals surface area contributed by atoms with Crippen molar-refractivity contribution in [2.75, 3.05) is 19.6 Å².